The summed E-state index contributed by atoms with van der Waals surface area (Å²) in [6.07, 6.45) is 1.60. The van der Waals surface area contributed by atoms with Crippen LogP contribution in [0.4, 0.5) is 5.69 Å². The molecule has 4 rings (SSSR count). The van der Waals surface area contributed by atoms with Gasteiger partial charge in [-0.1, -0.05) is 30.0 Å². The van der Waals surface area contributed by atoms with Gasteiger partial charge in [0, 0.05) is 17.3 Å². The minimum absolute atomic E-state index is 0.0923. The SMILES string of the molecule is CC(=O)c1cc2c(cc1NC(=O)CSc1nncn1-c1ccccc1)OCO2. The van der Waals surface area contributed by atoms with Crippen molar-refractivity contribution in [2.24, 2.45) is 0 Å². The van der Waals surface area contributed by atoms with Gasteiger partial charge in [0.15, 0.2) is 22.4 Å². The van der Waals surface area contributed by atoms with Gasteiger partial charge in [-0.05, 0) is 25.1 Å². The summed E-state index contributed by atoms with van der Waals surface area (Å²) < 4.78 is 12.4. The lowest BCUT2D eigenvalue weighted by atomic mass is 10.1. The van der Waals surface area contributed by atoms with Crippen molar-refractivity contribution >= 4 is 29.1 Å². The topological polar surface area (TPSA) is 95.3 Å². The Bertz CT molecular complexity index is 1040. The Kier molecular flexibility index (Phi) is 4.98. The molecule has 2 aromatic carbocycles. The van der Waals surface area contributed by atoms with E-state index in [2.05, 4.69) is 15.5 Å². The molecule has 1 aliphatic heterocycles. The third kappa shape index (κ3) is 3.70. The van der Waals surface area contributed by atoms with Crippen LogP contribution < -0.4 is 14.8 Å². The summed E-state index contributed by atoms with van der Waals surface area (Å²) >= 11 is 1.25. The maximum Gasteiger partial charge on any atom is 0.234 e. The molecule has 1 amide bonds. The average Bonchev–Trinajstić information content (AvgIpc) is 3.35. The highest BCUT2D eigenvalue weighted by Crippen LogP contribution is 2.37. The number of nitrogens with zero attached hydrogens (tertiary/aromatic N) is 3. The number of ketones is 1. The van der Waals surface area contributed by atoms with E-state index in [9.17, 15) is 9.59 Å². The van der Waals surface area contributed by atoms with Gasteiger partial charge in [-0.25, -0.2) is 0 Å². The summed E-state index contributed by atoms with van der Waals surface area (Å²) in [7, 11) is 0. The van der Waals surface area contributed by atoms with Crippen LogP contribution in [0.2, 0.25) is 0 Å². The van der Waals surface area contributed by atoms with Crippen molar-refractivity contribution in [3.8, 4) is 17.2 Å². The molecule has 142 valence electrons. The maximum atomic E-state index is 12.5. The van der Waals surface area contributed by atoms with E-state index < -0.39 is 0 Å². The van der Waals surface area contributed by atoms with Gasteiger partial charge in [-0.3, -0.25) is 14.2 Å². The monoisotopic (exact) mass is 396 g/mol. The standard InChI is InChI=1S/C19H16N4O4S/c1-12(24)14-7-16-17(27-11-26-16)8-15(14)21-18(25)9-28-19-22-20-10-23(19)13-5-3-2-4-6-13/h2-8,10H,9,11H2,1H3,(H,21,25). The van der Waals surface area contributed by atoms with Crippen molar-refractivity contribution in [1.29, 1.82) is 0 Å². The van der Waals surface area contributed by atoms with Gasteiger partial charge in [-0.2, -0.15) is 0 Å². The highest BCUT2D eigenvalue weighted by molar-refractivity contribution is 7.99. The van der Waals surface area contributed by atoms with Crippen LogP contribution >= 0.6 is 11.8 Å². The summed E-state index contributed by atoms with van der Waals surface area (Å²) in [6.45, 7) is 1.53. The van der Waals surface area contributed by atoms with E-state index in [-0.39, 0.29) is 24.2 Å². The number of carbonyl (C=O) groups excluding carboxylic acids is 2. The molecule has 2 heterocycles. The lowest BCUT2D eigenvalue weighted by molar-refractivity contribution is -0.113. The fraction of sp³-hybridized carbons (Fsp3) is 0.158. The normalized spacial score (nSPS) is 12.0. The van der Waals surface area contributed by atoms with Crippen LogP contribution in [-0.4, -0.2) is 39.0 Å². The highest BCUT2D eigenvalue weighted by Gasteiger charge is 2.20. The van der Waals surface area contributed by atoms with Crippen molar-refractivity contribution in [3.63, 3.8) is 0 Å². The third-order valence-corrected chi connectivity index (χ3v) is 4.99. The number of para-hydroxylation sites is 1. The first-order chi connectivity index (χ1) is 13.6. The fourth-order valence-corrected chi connectivity index (χ4v) is 3.47. The zero-order valence-corrected chi connectivity index (χ0v) is 15.7. The second-order valence-corrected chi connectivity index (χ2v) is 6.91. The first-order valence-electron chi connectivity index (χ1n) is 8.44. The summed E-state index contributed by atoms with van der Waals surface area (Å²) in [6, 6.07) is 12.8. The molecule has 1 N–H and O–H groups in total. The Morgan fingerprint density at radius 3 is 2.68 bits per heavy atom. The zero-order chi connectivity index (χ0) is 19.5. The van der Waals surface area contributed by atoms with E-state index in [1.165, 1.54) is 18.7 Å². The minimum Gasteiger partial charge on any atom is -0.454 e. The number of amides is 1. The molecular weight excluding hydrogens is 380 g/mol. The number of hydrogen-bond acceptors (Lipinski definition) is 7. The van der Waals surface area contributed by atoms with Crippen molar-refractivity contribution in [1.82, 2.24) is 14.8 Å². The van der Waals surface area contributed by atoms with Crippen LogP contribution in [-0.2, 0) is 4.79 Å². The van der Waals surface area contributed by atoms with Crippen LogP contribution in [0.5, 0.6) is 11.5 Å². The van der Waals surface area contributed by atoms with E-state index in [4.69, 9.17) is 9.47 Å². The number of ether oxygens (including phenoxy) is 2. The van der Waals surface area contributed by atoms with Crippen LogP contribution in [0, 0.1) is 0 Å². The molecule has 0 aliphatic carbocycles. The molecule has 1 aromatic heterocycles. The molecule has 1 aliphatic rings. The fourth-order valence-electron chi connectivity index (χ4n) is 2.74. The Hall–Kier alpha value is -3.33. The van der Waals surface area contributed by atoms with E-state index >= 15 is 0 Å². The van der Waals surface area contributed by atoms with E-state index in [1.54, 1.807) is 23.0 Å². The average molecular weight is 396 g/mol. The number of nitrogens with one attached hydrogen (secondary N) is 1. The number of Topliss-reactive ketones (excluding diaryl/α,β-unsaturated/α-hetero) is 1. The molecule has 3 aromatic rings. The van der Waals surface area contributed by atoms with Gasteiger partial charge in [0.25, 0.3) is 0 Å². The molecule has 0 saturated carbocycles. The lowest BCUT2D eigenvalue weighted by Crippen LogP contribution is -2.16. The van der Waals surface area contributed by atoms with Gasteiger partial charge in [-0.15, -0.1) is 10.2 Å². The molecule has 0 saturated heterocycles. The summed E-state index contributed by atoms with van der Waals surface area (Å²) in [4.78, 5) is 24.4. The van der Waals surface area contributed by atoms with Crippen molar-refractivity contribution in [2.75, 3.05) is 17.9 Å². The maximum absolute atomic E-state index is 12.5. The first-order valence-corrected chi connectivity index (χ1v) is 9.43. The number of hydrogen-bond donors (Lipinski definition) is 1. The Labute approximate surface area is 164 Å². The molecule has 0 fully saturated rings. The first kappa shape index (κ1) is 18.1. The number of anilines is 1. The number of carbonyl (C=O) groups is 2. The van der Waals surface area contributed by atoms with Crippen molar-refractivity contribution in [3.05, 3.63) is 54.4 Å². The molecule has 0 atom stereocenters. The molecule has 0 radical (unpaired) electrons. The highest BCUT2D eigenvalue weighted by atomic mass is 32.2. The summed E-state index contributed by atoms with van der Waals surface area (Å²) in [5, 5.41) is 11.4. The number of fused-ring (bicyclic) bond motifs is 1. The van der Waals surface area contributed by atoms with E-state index in [1.807, 2.05) is 30.3 Å². The van der Waals surface area contributed by atoms with Crippen LogP contribution in [0.15, 0.2) is 53.9 Å². The quantitative estimate of drug-likeness (QED) is 0.505. The second-order valence-electron chi connectivity index (χ2n) is 5.96. The Balaban J connectivity index is 1.47. The van der Waals surface area contributed by atoms with Crippen LogP contribution in [0.1, 0.15) is 17.3 Å². The van der Waals surface area contributed by atoms with E-state index in [0.717, 1.165) is 5.69 Å². The Morgan fingerprint density at radius 2 is 1.93 bits per heavy atom. The molecule has 0 spiro atoms. The number of benzene rings is 2. The number of rotatable bonds is 6. The van der Waals surface area contributed by atoms with Gasteiger partial charge in [0.2, 0.25) is 12.7 Å². The second kappa shape index (κ2) is 7.73. The van der Waals surface area contributed by atoms with E-state index in [0.29, 0.717) is 27.9 Å². The molecular formula is C19H16N4O4S. The van der Waals surface area contributed by atoms with Gasteiger partial charge >= 0.3 is 0 Å². The number of thioether (sulfide) groups is 1. The lowest BCUT2D eigenvalue weighted by Gasteiger charge is -2.11. The molecule has 8 nitrogen and oxygen atoms in total. The van der Waals surface area contributed by atoms with Crippen LogP contribution in [0.25, 0.3) is 5.69 Å². The summed E-state index contributed by atoms with van der Waals surface area (Å²) in [5.74, 6) is 0.654. The predicted octanol–water partition coefficient (Wildman–Crippen LogP) is 2.93. The Morgan fingerprint density at radius 1 is 1.18 bits per heavy atom. The number of aromatic nitrogens is 3. The smallest absolute Gasteiger partial charge is 0.234 e. The minimum atomic E-state index is -0.269. The van der Waals surface area contributed by atoms with Crippen molar-refractivity contribution < 1.29 is 19.1 Å². The van der Waals surface area contributed by atoms with Gasteiger partial charge < -0.3 is 14.8 Å². The van der Waals surface area contributed by atoms with Gasteiger partial charge in [0.05, 0.1) is 11.4 Å². The molecule has 0 bridgehead atoms. The van der Waals surface area contributed by atoms with Gasteiger partial charge in [0.1, 0.15) is 6.33 Å². The molecule has 9 heteroatoms. The van der Waals surface area contributed by atoms with Crippen molar-refractivity contribution in [2.45, 2.75) is 12.1 Å². The summed E-state index contributed by atoms with van der Waals surface area (Å²) in [5.41, 5.74) is 1.67. The molecule has 28 heavy (non-hydrogen) atoms. The molecule has 0 unspecified atom stereocenters. The van der Waals surface area contributed by atoms with Crippen LogP contribution in [0.3, 0.4) is 0 Å². The third-order valence-electron chi connectivity index (χ3n) is 4.05. The largest absolute Gasteiger partial charge is 0.454 e. The predicted molar refractivity (Wildman–Crippen MR) is 103 cm³/mol. The zero-order valence-electron chi connectivity index (χ0n) is 14.9.